The smallest absolute Gasteiger partial charge is 0.193 e. The van der Waals surface area contributed by atoms with Crippen LogP contribution in [0.3, 0.4) is 0 Å². The van der Waals surface area contributed by atoms with Crippen LogP contribution in [0.1, 0.15) is 30.9 Å². The second kappa shape index (κ2) is 9.00. The van der Waals surface area contributed by atoms with Crippen LogP contribution in [-0.4, -0.2) is 65.1 Å². The Morgan fingerprint density at radius 1 is 1.50 bits per heavy atom. The van der Waals surface area contributed by atoms with Crippen molar-refractivity contribution in [2.75, 3.05) is 33.3 Å². The van der Waals surface area contributed by atoms with E-state index in [0.29, 0.717) is 12.5 Å². The minimum atomic E-state index is -0.173. The van der Waals surface area contributed by atoms with E-state index in [2.05, 4.69) is 20.3 Å². The zero-order valence-electron chi connectivity index (χ0n) is 14.4. The van der Waals surface area contributed by atoms with E-state index in [0.717, 1.165) is 50.4 Å². The summed E-state index contributed by atoms with van der Waals surface area (Å²) in [5.74, 6) is 1.23. The lowest BCUT2D eigenvalue weighted by Crippen LogP contribution is -2.49. The van der Waals surface area contributed by atoms with Crippen LogP contribution in [0.5, 0.6) is 0 Å². The number of aliphatic hydroxyl groups excluding tert-OH is 1. The van der Waals surface area contributed by atoms with Crippen LogP contribution in [0.25, 0.3) is 0 Å². The predicted molar refractivity (Wildman–Crippen MR) is 104 cm³/mol. The number of guanidine groups is 1. The molecular weight excluding hydrogens is 421 g/mol. The van der Waals surface area contributed by atoms with Gasteiger partial charge in [0.05, 0.1) is 25.5 Å². The summed E-state index contributed by atoms with van der Waals surface area (Å²) in [5.41, 5.74) is 1.10. The lowest BCUT2D eigenvalue weighted by molar-refractivity contribution is -0.00818. The number of aliphatic imine (C=N–C) groups is 1. The van der Waals surface area contributed by atoms with Gasteiger partial charge in [0.1, 0.15) is 6.10 Å². The van der Waals surface area contributed by atoms with E-state index in [4.69, 9.17) is 4.74 Å². The maximum Gasteiger partial charge on any atom is 0.193 e. The predicted octanol–water partition coefficient (Wildman–Crippen LogP) is 1.15. The number of aryl methyl sites for hydroxylation is 1. The van der Waals surface area contributed by atoms with Gasteiger partial charge in [0.25, 0.3) is 0 Å². The van der Waals surface area contributed by atoms with Gasteiger partial charge in [-0.2, -0.15) is 5.10 Å². The minimum Gasteiger partial charge on any atom is -0.393 e. The molecular formula is C16H28IN5O2. The Kier molecular flexibility index (Phi) is 7.30. The van der Waals surface area contributed by atoms with Gasteiger partial charge in [-0.25, -0.2) is 0 Å². The monoisotopic (exact) mass is 449 g/mol. The van der Waals surface area contributed by atoms with Gasteiger partial charge in [-0.05, 0) is 12.8 Å². The van der Waals surface area contributed by atoms with E-state index in [9.17, 15) is 5.11 Å². The standard InChI is InChI=1S/C16H27N5O2.HI/c1-17-16(18-8-12-4-3-5-14(12)22)21-6-7-23-15(11-21)13-9-19-20(2)10-13;/h9-10,12,14-15,22H,3-8,11H2,1-2H3,(H,17,18);1H. The van der Waals surface area contributed by atoms with Crippen LogP contribution >= 0.6 is 24.0 Å². The molecule has 0 radical (unpaired) electrons. The van der Waals surface area contributed by atoms with Crippen LogP contribution in [0, 0.1) is 5.92 Å². The molecule has 0 spiro atoms. The fraction of sp³-hybridized carbons (Fsp3) is 0.750. The molecule has 1 saturated heterocycles. The Morgan fingerprint density at radius 3 is 2.96 bits per heavy atom. The van der Waals surface area contributed by atoms with Crippen LogP contribution in [0.2, 0.25) is 0 Å². The molecule has 7 nitrogen and oxygen atoms in total. The Hall–Kier alpha value is -0.870. The number of ether oxygens (including phenoxy) is 1. The van der Waals surface area contributed by atoms with Crippen LogP contribution < -0.4 is 5.32 Å². The van der Waals surface area contributed by atoms with Gasteiger partial charge in [-0.1, -0.05) is 6.42 Å². The molecule has 3 atom stereocenters. The van der Waals surface area contributed by atoms with Gasteiger partial charge in [-0.15, -0.1) is 24.0 Å². The molecule has 2 N–H and O–H groups in total. The van der Waals surface area contributed by atoms with E-state index >= 15 is 0 Å². The highest BCUT2D eigenvalue weighted by atomic mass is 127. The summed E-state index contributed by atoms with van der Waals surface area (Å²) in [6, 6.07) is 0. The zero-order chi connectivity index (χ0) is 16.2. The highest BCUT2D eigenvalue weighted by Crippen LogP contribution is 2.25. The molecule has 1 aromatic rings. The summed E-state index contributed by atoms with van der Waals surface area (Å²) in [4.78, 5) is 6.63. The number of aliphatic hydroxyl groups is 1. The highest BCUT2D eigenvalue weighted by Gasteiger charge is 2.28. The summed E-state index contributed by atoms with van der Waals surface area (Å²) in [6.07, 6.45) is 6.84. The first-order valence-electron chi connectivity index (χ1n) is 8.41. The number of nitrogens with zero attached hydrogens (tertiary/aromatic N) is 4. The van der Waals surface area contributed by atoms with E-state index in [1.807, 2.05) is 26.5 Å². The van der Waals surface area contributed by atoms with Crippen molar-refractivity contribution >= 4 is 29.9 Å². The lowest BCUT2D eigenvalue weighted by Gasteiger charge is -2.35. The molecule has 0 aromatic carbocycles. The number of nitrogens with one attached hydrogen (secondary N) is 1. The number of aromatic nitrogens is 2. The first-order chi connectivity index (χ1) is 11.2. The molecule has 8 heteroatoms. The molecule has 1 aliphatic heterocycles. The lowest BCUT2D eigenvalue weighted by atomic mass is 10.1. The molecule has 2 heterocycles. The van der Waals surface area contributed by atoms with Gasteiger partial charge < -0.3 is 20.1 Å². The van der Waals surface area contributed by atoms with Crippen LogP contribution in [0.4, 0.5) is 0 Å². The van der Waals surface area contributed by atoms with E-state index < -0.39 is 0 Å². The molecule has 2 aliphatic rings. The molecule has 136 valence electrons. The average Bonchev–Trinajstić information content (AvgIpc) is 3.17. The van der Waals surface area contributed by atoms with Crippen molar-refractivity contribution in [2.24, 2.45) is 18.0 Å². The van der Waals surface area contributed by atoms with Crippen molar-refractivity contribution in [3.8, 4) is 0 Å². The summed E-state index contributed by atoms with van der Waals surface area (Å²) < 4.78 is 7.68. The number of morpholine rings is 1. The fourth-order valence-electron chi connectivity index (χ4n) is 3.46. The van der Waals surface area contributed by atoms with Crippen LogP contribution in [0.15, 0.2) is 17.4 Å². The molecule has 2 fully saturated rings. The van der Waals surface area contributed by atoms with E-state index in [1.165, 1.54) is 0 Å². The Balaban J connectivity index is 0.00000208. The molecule has 0 bridgehead atoms. The van der Waals surface area contributed by atoms with Gasteiger partial charge >= 0.3 is 0 Å². The van der Waals surface area contributed by atoms with Crippen LogP contribution in [-0.2, 0) is 11.8 Å². The first kappa shape index (κ1) is 19.5. The van der Waals surface area contributed by atoms with Crippen molar-refractivity contribution in [2.45, 2.75) is 31.5 Å². The topological polar surface area (TPSA) is 74.9 Å². The quantitative estimate of drug-likeness (QED) is 0.412. The second-order valence-electron chi connectivity index (χ2n) is 6.44. The van der Waals surface area contributed by atoms with Crippen molar-refractivity contribution in [3.63, 3.8) is 0 Å². The third kappa shape index (κ3) is 4.60. The molecule has 3 unspecified atom stereocenters. The first-order valence-corrected chi connectivity index (χ1v) is 8.41. The third-order valence-electron chi connectivity index (χ3n) is 4.82. The third-order valence-corrected chi connectivity index (χ3v) is 4.82. The Morgan fingerprint density at radius 2 is 2.33 bits per heavy atom. The van der Waals surface area contributed by atoms with Gasteiger partial charge in [-0.3, -0.25) is 9.67 Å². The number of hydrogen-bond donors (Lipinski definition) is 2. The average molecular weight is 449 g/mol. The minimum absolute atomic E-state index is 0. The molecule has 24 heavy (non-hydrogen) atoms. The van der Waals surface area contributed by atoms with Crippen molar-refractivity contribution in [1.29, 1.82) is 0 Å². The van der Waals surface area contributed by atoms with Crippen molar-refractivity contribution in [1.82, 2.24) is 20.0 Å². The largest absolute Gasteiger partial charge is 0.393 e. The number of hydrogen-bond acceptors (Lipinski definition) is 4. The Labute approximate surface area is 160 Å². The van der Waals surface area contributed by atoms with E-state index in [-0.39, 0.29) is 36.2 Å². The maximum atomic E-state index is 9.96. The highest BCUT2D eigenvalue weighted by molar-refractivity contribution is 14.0. The molecule has 1 saturated carbocycles. The van der Waals surface area contributed by atoms with Crippen molar-refractivity contribution < 1.29 is 9.84 Å². The van der Waals surface area contributed by atoms with Gasteiger partial charge in [0.2, 0.25) is 0 Å². The zero-order valence-corrected chi connectivity index (χ0v) is 16.7. The van der Waals surface area contributed by atoms with Gasteiger partial charge in [0, 0.05) is 44.9 Å². The normalized spacial score (nSPS) is 27.9. The molecule has 3 rings (SSSR count). The number of halogens is 1. The summed E-state index contributed by atoms with van der Waals surface area (Å²) in [5, 5.41) is 17.6. The van der Waals surface area contributed by atoms with Crippen molar-refractivity contribution in [3.05, 3.63) is 18.0 Å². The SMILES string of the molecule is CN=C(NCC1CCCC1O)N1CCOC(c2cnn(C)c2)C1.I. The Bertz CT molecular complexity index is 550. The fourth-order valence-corrected chi connectivity index (χ4v) is 3.46. The maximum absolute atomic E-state index is 9.96. The van der Waals surface area contributed by atoms with Gasteiger partial charge in [0.15, 0.2) is 5.96 Å². The summed E-state index contributed by atoms with van der Waals surface area (Å²) >= 11 is 0. The summed E-state index contributed by atoms with van der Waals surface area (Å²) in [6.45, 7) is 3.04. The summed E-state index contributed by atoms with van der Waals surface area (Å²) in [7, 11) is 3.72. The molecule has 0 amide bonds. The number of rotatable bonds is 3. The molecule has 1 aromatic heterocycles. The molecule has 1 aliphatic carbocycles. The second-order valence-corrected chi connectivity index (χ2v) is 6.44. The van der Waals surface area contributed by atoms with E-state index in [1.54, 1.807) is 4.68 Å².